The summed E-state index contributed by atoms with van der Waals surface area (Å²) in [5, 5.41) is 8.51. The molecule has 0 aliphatic carbocycles. The van der Waals surface area contributed by atoms with Crippen molar-refractivity contribution in [3.63, 3.8) is 0 Å². The van der Waals surface area contributed by atoms with E-state index in [0.29, 0.717) is 6.61 Å². The van der Waals surface area contributed by atoms with Crippen LogP contribution in [0.3, 0.4) is 0 Å². The van der Waals surface area contributed by atoms with E-state index in [9.17, 15) is 4.79 Å². The van der Waals surface area contributed by atoms with E-state index in [2.05, 4.69) is 6.92 Å². The number of esters is 1. The molecule has 0 saturated heterocycles. The highest BCUT2D eigenvalue weighted by Gasteiger charge is 2.13. The molecule has 4 heteroatoms. The largest absolute Gasteiger partial charge is 0.465 e. The molecule has 0 spiro atoms. The maximum absolute atomic E-state index is 11.0. The van der Waals surface area contributed by atoms with Gasteiger partial charge in [0.2, 0.25) is 0 Å². The van der Waals surface area contributed by atoms with Gasteiger partial charge in [0.15, 0.2) is 0 Å². The molecule has 0 saturated carbocycles. The average Bonchev–Trinajstić information content (AvgIpc) is 2.12. The van der Waals surface area contributed by atoms with Crippen LogP contribution in [0.25, 0.3) is 0 Å². The van der Waals surface area contributed by atoms with Crippen LogP contribution in [0.5, 0.6) is 0 Å². The molecule has 0 bridgehead atoms. The van der Waals surface area contributed by atoms with Crippen LogP contribution in [-0.2, 0) is 9.53 Å². The number of aliphatic hydroxyl groups is 1. The van der Waals surface area contributed by atoms with Gasteiger partial charge in [-0.15, -0.1) is 0 Å². The number of carbonyl (C=O) groups excluding carboxylic acids is 1. The van der Waals surface area contributed by atoms with Crippen LogP contribution < -0.4 is 5.73 Å². The van der Waals surface area contributed by atoms with Crippen molar-refractivity contribution in [2.75, 3.05) is 13.2 Å². The van der Waals surface area contributed by atoms with Crippen molar-refractivity contribution in [1.29, 1.82) is 0 Å². The van der Waals surface area contributed by atoms with E-state index in [1.54, 1.807) is 0 Å². The molecule has 4 nitrogen and oxygen atoms in total. The second kappa shape index (κ2) is 8.01. The minimum atomic E-state index is -0.674. The van der Waals surface area contributed by atoms with Gasteiger partial charge in [-0.2, -0.15) is 0 Å². The third-order valence-electron chi connectivity index (χ3n) is 1.74. The molecule has 3 N–H and O–H groups in total. The molecule has 0 fully saturated rings. The van der Waals surface area contributed by atoms with Gasteiger partial charge < -0.3 is 15.6 Å². The van der Waals surface area contributed by atoms with E-state index >= 15 is 0 Å². The molecule has 0 aromatic rings. The Morgan fingerprint density at radius 3 is 2.77 bits per heavy atom. The molecule has 0 rings (SSSR count). The van der Waals surface area contributed by atoms with Crippen molar-refractivity contribution < 1.29 is 14.6 Å². The molecule has 0 aliphatic rings. The van der Waals surface area contributed by atoms with Crippen LogP contribution in [0.2, 0.25) is 0 Å². The van der Waals surface area contributed by atoms with Gasteiger partial charge in [0.25, 0.3) is 0 Å². The summed E-state index contributed by atoms with van der Waals surface area (Å²) in [6.07, 6.45) is 3.31. The SMILES string of the molecule is CCCCCOC(=O)C(N)CCO. The summed E-state index contributed by atoms with van der Waals surface area (Å²) >= 11 is 0. The van der Waals surface area contributed by atoms with E-state index in [1.165, 1.54) is 0 Å². The predicted octanol–water partition coefficient (Wildman–Crippen LogP) is 0.430. The van der Waals surface area contributed by atoms with Crippen molar-refractivity contribution in [3.8, 4) is 0 Å². The Morgan fingerprint density at radius 1 is 1.54 bits per heavy atom. The second-order valence-electron chi connectivity index (χ2n) is 2.99. The van der Waals surface area contributed by atoms with E-state index in [-0.39, 0.29) is 13.0 Å². The normalized spacial score (nSPS) is 12.5. The number of hydrogen-bond acceptors (Lipinski definition) is 4. The second-order valence-corrected chi connectivity index (χ2v) is 2.99. The lowest BCUT2D eigenvalue weighted by molar-refractivity contribution is -0.145. The van der Waals surface area contributed by atoms with Gasteiger partial charge in [0.1, 0.15) is 6.04 Å². The van der Waals surface area contributed by atoms with Crippen LogP contribution in [0.4, 0.5) is 0 Å². The van der Waals surface area contributed by atoms with Gasteiger partial charge in [-0.1, -0.05) is 19.8 Å². The van der Waals surface area contributed by atoms with Gasteiger partial charge in [-0.25, -0.2) is 0 Å². The maximum Gasteiger partial charge on any atom is 0.322 e. The molecule has 1 unspecified atom stereocenters. The zero-order valence-corrected chi connectivity index (χ0v) is 8.16. The molecule has 78 valence electrons. The van der Waals surface area contributed by atoms with E-state index in [0.717, 1.165) is 19.3 Å². The zero-order chi connectivity index (χ0) is 10.1. The van der Waals surface area contributed by atoms with Crippen LogP contribution in [0, 0.1) is 0 Å². The van der Waals surface area contributed by atoms with Crippen LogP contribution in [0.15, 0.2) is 0 Å². The number of unbranched alkanes of at least 4 members (excludes halogenated alkanes) is 2. The average molecular weight is 189 g/mol. The molecule has 0 radical (unpaired) electrons. The summed E-state index contributed by atoms with van der Waals surface area (Å²) in [6, 6.07) is -0.674. The first kappa shape index (κ1) is 12.4. The summed E-state index contributed by atoms with van der Waals surface area (Å²) in [5.41, 5.74) is 5.41. The van der Waals surface area contributed by atoms with Gasteiger partial charge >= 0.3 is 5.97 Å². The van der Waals surface area contributed by atoms with Gasteiger partial charge in [0, 0.05) is 6.61 Å². The lowest BCUT2D eigenvalue weighted by atomic mass is 10.2. The zero-order valence-electron chi connectivity index (χ0n) is 8.16. The summed E-state index contributed by atoms with van der Waals surface area (Å²) < 4.78 is 4.88. The Balaban J connectivity index is 3.38. The van der Waals surface area contributed by atoms with Crippen molar-refractivity contribution in [2.24, 2.45) is 5.73 Å². The molecular weight excluding hydrogens is 170 g/mol. The fourth-order valence-corrected chi connectivity index (χ4v) is 0.889. The highest BCUT2D eigenvalue weighted by Crippen LogP contribution is 1.97. The Bertz CT molecular complexity index is 139. The highest BCUT2D eigenvalue weighted by molar-refractivity contribution is 5.75. The minimum Gasteiger partial charge on any atom is -0.465 e. The topological polar surface area (TPSA) is 72.5 Å². The monoisotopic (exact) mass is 189 g/mol. The molecule has 1 atom stereocenters. The Hall–Kier alpha value is -0.610. The molecule has 0 aromatic carbocycles. The Morgan fingerprint density at radius 2 is 2.23 bits per heavy atom. The van der Waals surface area contributed by atoms with Gasteiger partial charge in [0.05, 0.1) is 6.61 Å². The summed E-state index contributed by atoms with van der Waals surface area (Å²) in [7, 11) is 0. The molecule has 0 heterocycles. The number of aliphatic hydroxyl groups excluding tert-OH is 1. The van der Waals surface area contributed by atoms with Crippen molar-refractivity contribution in [2.45, 2.75) is 38.6 Å². The third-order valence-corrected chi connectivity index (χ3v) is 1.74. The quantitative estimate of drug-likeness (QED) is 0.450. The van der Waals surface area contributed by atoms with E-state index in [1.807, 2.05) is 0 Å². The third kappa shape index (κ3) is 6.54. The lowest BCUT2D eigenvalue weighted by Crippen LogP contribution is -2.33. The van der Waals surface area contributed by atoms with Crippen molar-refractivity contribution in [1.82, 2.24) is 0 Å². The molecular formula is C9H19NO3. The van der Waals surface area contributed by atoms with Gasteiger partial charge in [-0.05, 0) is 12.8 Å². The molecule has 0 aliphatic heterocycles. The van der Waals surface area contributed by atoms with Crippen molar-refractivity contribution in [3.05, 3.63) is 0 Å². The summed E-state index contributed by atoms with van der Waals surface area (Å²) in [4.78, 5) is 11.0. The van der Waals surface area contributed by atoms with Gasteiger partial charge in [-0.3, -0.25) is 4.79 Å². The van der Waals surface area contributed by atoms with Crippen LogP contribution in [0.1, 0.15) is 32.6 Å². The minimum absolute atomic E-state index is 0.0781. The maximum atomic E-state index is 11.0. The molecule has 0 aromatic heterocycles. The fraction of sp³-hybridized carbons (Fsp3) is 0.889. The lowest BCUT2D eigenvalue weighted by Gasteiger charge is -2.09. The Labute approximate surface area is 79.1 Å². The predicted molar refractivity (Wildman–Crippen MR) is 50.2 cm³/mol. The highest BCUT2D eigenvalue weighted by atomic mass is 16.5. The van der Waals surface area contributed by atoms with Crippen LogP contribution >= 0.6 is 0 Å². The number of nitrogens with two attached hydrogens (primary N) is 1. The summed E-state index contributed by atoms with van der Waals surface area (Å²) in [5.74, 6) is -0.412. The molecule has 0 amide bonds. The van der Waals surface area contributed by atoms with Crippen molar-refractivity contribution >= 4 is 5.97 Å². The Kier molecular flexibility index (Phi) is 7.63. The van der Waals surface area contributed by atoms with E-state index < -0.39 is 12.0 Å². The smallest absolute Gasteiger partial charge is 0.322 e. The number of hydrogen-bond donors (Lipinski definition) is 2. The first-order valence-electron chi connectivity index (χ1n) is 4.75. The number of ether oxygens (including phenoxy) is 1. The number of carbonyl (C=O) groups is 1. The van der Waals surface area contributed by atoms with E-state index in [4.69, 9.17) is 15.6 Å². The standard InChI is InChI=1S/C9H19NO3/c1-2-3-4-7-13-9(12)8(10)5-6-11/h8,11H,2-7,10H2,1H3. The van der Waals surface area contributed by atoms with Crippen LogP contribution in [-0.4, -0.2) is 30.3 Å². The first-order chi connectivity index (χ1) is 6.22. The molecule has 13 heavy (non-hydrogen) atoms. The first-order valence-corrected chi connectivity index (χ1v) is 4.75. The number of rotatable bonds is 7. The summed E-state index contributed by atoms with van der Waals surface area (Å²) in [6.45, 7) is 2.44. The fourth-order valence-electron chi connectivity index (χ4n) is 0.889.